The molecule has 1 unspecified atom stereocenters. The molecule has 0 heterocycles. The molecule has 0 aromatic heterocycles. The van der Waals surface area contributed by atoms with Gasteiger partial charge >= 0.3 is 0 Å². The Hall–Kier alpha value is -0.580. The summed E-state index contributed by atoms with van der Waals surface area (Å²) in [7, 11) is 1.71. The van der Waals surface area contributed by atoms with E-state index in [2.05, 4.69) is 41.2 Å². The average Bonchev–Trinajstić information content (AvgIpc) is 2.37. The molecule has 1 atom stereocenters. The summed E-state index contributed by atoms with van der Waals surface area (Å²) < 4.78 is 12.0. The van der Waals surface area contributed by atoms with E-state index in [1.807, 2.05) is 12.1 Å². The first-order valence-corrected chi connectivity index (χ1v) is 7.11. The molecule has 4 heteroatoms. The molecular weight excluding hydrogens is 294 g/mol. The number of hydrogen-bond donors (Lipinski definition) is 1. The quantitative estimate of drug-likeness (QED) is 0.746. The monoisotopic (exact) mass is 315 g/mol. The van der Waals surface area contributed by atoms with E-state index >= 15 is 0 Å². The van der Waals surface area contributed by atoms with Gasteiger partial charge in [0.05, 0.1) is 12.7 Å². The number of benzene rings is 1. The van der Waals surface area contributed by atoms with Gasteiger partial charge in [-0.1, -0.05) is 22.9 Å². The number of hydrogen-bond acceptors (Lipinski definition) is 3. The first-order valence-electron chi connectivity index (χ1n) is 6.32. The van der Waals surface area contributed by atoms with E-state index in [0.29, 0.717) is 0 Å². The second-order valence-corrected chi connectivity index (χ2v) is 5.17. The van der Waals surface area contributed by atoms with Gasteiger partial charge in [-0.3, -0.25) is 0 Å². The fourth-order valence-corrected chi connectivity index (χ4v) is 1.91. The molecule has 0 spiro atoms. The molecule has 18 heavy (non-hydrogen) atoms. The minimum atomic E-state index is 0.240. The molecule has 0 saturated heterocycles. The zero-order chi connectivity index (χ0) is 13.4. The predicted octanol–water partition coefficient (Wildman–Crippen LogP) is 3.36. The molecule has 0 amide bonds. The highest BCUT2D eigenvalue weighted by molar-refractivity contribution is 9.10. The van der Waals surface area contributed by atoms with Gasteiger partial charge in [-0.05, 0) is 31.5 Å². The zero-order valence-electron chi connectivity index (χ0n) is 11.3. The van der Waals surface area contributed by atoms with Crippen LogP contribution in [-0.2, 0) is 11.3 Å². The van der Waals surface area contributed by atoms with Crippen molar-refractivity contribution in [1.82, 2.24) is 5.32 Å². The molecule has 1 aromatic rings. The fraction of sp³-hybridized carbons (Fsp3) is 0.571. The third-order valence-electron chi connectivity index (χ3n) is 2.72. The number of methoxy groups -OCH3 is 1. The number of nitrogens with one attached hydrogen (secondary N) is 1. The van der Waals surface area contributed by atoms with Crippen LogP contribution in [0.2, 0.25) is 0 Å². The lowest BCUT2D eigenvalue weighted by molar-refractivity contribution is 0.198. The Morgan fingerprint density at radius 1 is 1.39 bits per heavy atom. The molecule has 0 saturated carbocycles. The zero-order valence-corrected chi connectivity index (χ0v) is 12.9. The van der Waals surface area contributed by atoms with Crippen LogP contribution in [0.25, 0.3) is 0 Å². The Kier molecular flexibility index (Phi) is 7.32. The molecule has 0 fully saturated rings. The lowest BCUT2D eigenvalue weighted by atomic mass is 10.2. The van der Waals surface area contributed by atoms with Crippen molar-refractivity contribution < 1.29 is 9.47 Å². The van der Waals surface area contributed by atoms with Crippen LogP contribution in [0.1, 0.15) is 25.8 Å². The Morgan fingerprint density at radius 2 is 2.17 bits per heavy atom. The third-order valence-corrected chi connectivity index (χ3v) is 3.22. The van der Waals surface area contributed by atoms with Gasteiger partial charge in [0.25, 0.3) is 0 Å². The lowest BCUT2D eigenvalue weighted by Crippen LogP contribution is -2.20. The van der Waals surface area contributed by atoms with Crippen LogP contribution in [0.4, 0.5) is 0 Å². The van der Waals surface area contributed by atoms with E-state index in [1.165, 1.54) is 5.56 Å². The van der Waals surface area contributed by atoms with Crippen LogP contribution < -0.4 is 10.1 Å². The Bertz CT molecular complexity index is 358. The normalized spacial score (nSPS) is 12.4. The van der Waals surface area contributed by atoms with Gasteiger partial charge in [-0.15, -0.1) is 0 Å². The van der Waals surface area contributed by atoms with Gasteiger partial charge in [-0.2, -0.15) is 0 Å². The van der Waals surface area contributed by atoms with Crippen LogP contribution >= 0.6 is 15.9 Å². The molecule has 0 radical (unpaired) electrons. The van der Waals surface area contributed by atoms with Crippen molar-refractivity contribution in [3.8, 4) is 5.75 Å². The fourth-order valence-electron chi connectivity index (χ4n) is 1.50. The molecule has 3 nitrogen and oxygen atoms in total. The molecule has 0 aliphatic carbocycles. The molecule has 0 bridgehead atoms. The predicted molar refractivity (Wildman–Crippen MR) is 78.1 cm³/mol. The number of rotatable bonds is 8. The highest BCUT2D eigenvalue weighted by atomic mass is 79.9. The Balaban J connectivity index is 2.64. The lowest BCUT2D eigenvalue weighted by Gasteiger charge is -2.17. The first kappa shape index (κ1) is 15.5. The van der Waals surface area contributed by atoms with Gasteiger partial charge in [0.15, 0.2) is 0 Å². The third kappa shape index (κ3) is 5.38. The summed E-state index contributed by atoms with van der Waals surface area (Å²) in [5, 5.41) is 3.34. The summed E-state index contributed by atoms with van der Waals surface area (Å²) in [6.07, 6.45) is 1.25. The van der Waals surface area contributed by atoms with Crippen molar-refractivity contribution in [1.29, 1.82) is 0 Å². The summed E-state index contributed by atoms with van der Waals surface area (Å²) in [6.45, 7) is 6.56. The maximum absolute atomic E-state index is 5.91. The SMILES string of the molecule is CCC(C)Oc1ccc(Br)cc1CNCCOC. The summed E-state index contributed by atoms with van der Waals surface area (Å²) in [4.78, 5) is 0. The second kappa shape index (κ2) is 8.51. The summed E-state index contributed by atoms with van der Waals surface area (Å²) in [5.74, 6) is 0.956. The van der Waals surface area contributed by atoms with E-state index in [1.54, 1.807) is 7.11 Å². The minimum absolute atomic E-state index is 0.240. The van der Waals surface area contributed by atoms with Crippen molar-refractivity contribution in [2.24, 2.45) is 0 Å². The van der Waals surface area contributed by atoms with E-state index in [9.17, 15) is 0 Å². The molecule has 1 aromatic carbocycles. The highest BCUT2D eigenvalue weighted by Crippen LogP contribution is 2.24. The van der Waals surface area contributed by atoms with Crippen LogP contribution in [-0.4, -0.2) is 26.4 Å². The maximum Gasteiger partial charge on any atom is 0.124 e. The summed E-state index contributed by atoms with van der Waals surface area (Å²) >= 11 is 3.49. The smallest absolute Gasteiger partial charge is 0.124 e. The topological polar surface area (TPSA) is 30.5 Å². The van der Waals surface area contributed by atoms with Gasteiger partial charge in [0.2, 0.25) is 0 Å². The average molecular weight is 316 g/mol. The molecule has 0 aliphatic heterocycles. The molecular formula is C14H22BrNO2. The molecule has 1 N–H and O–H groups in total. The van der Waals surface area contributed by atoms with Crippen LogP contribution in [0.5, 0.6) is 5.75 Å². The van der Waals surface area contributed by atoms with Crippen LogP contribution in [0.3, 0.4) is 0 Å². The summed E-state index contributed by atoms with van der Waals surface area (Å²) in [5.41, 5.74) is 1.17. The van der Waals surface area contributed by atoms with Crippen LogP contribution in [0, 0.1) is 0 Å². The van der Waals surface area contributed by atoms with Crippen molar-refractivity contribution in [2.45, 2.75) is 32.9 Å². The maximum atomic E-state index is 5.91. The van der Waals surface area contributed by atoms with Crippen molar-refractivity contribution in [3.63, 3.8) is 0 Å². The molecule has 1 rings (SSSR count). The van der Waals surface area contributed by atoms with E-state index in [-0.39, 0.29) is 6.10 Å². The highest BCUT2D eigenvalue weighted by Gasteiger charge is 2.07. The largest absolute Gasteiger partial charge is 0.490 e. The number of ether oxygens (including phenoxy) is 2. The van der Waals surface area contributed by atoms with Crippen LogP contribution in [0.15, 0.2) is 22.7 Å². The minimum Gasteiger partial charge on any atom is -0.490 e. The van der Waals surface area contributed by atoms with E-state index < -0.39 is 0 Å². The standard InChI is InChI=1S/C14H22BrNO2/c1-4-11(2)18-14-6-5-13(15)9-12(14)10-16-7-8-17-3/h5-6,9,11,16H,4,7-8,10H2,1-3H3. The van der Waals surface area contributed by atoms with Gasteiger partial charge in [0.1, 0.15) is 5.75 Å². The van der Waals surface area contributed by atoms with Gasteiger partial charge in [-0.25, -0.2) is 0 Å². The van der Waals surface area contributed by atoms with E-state index in [0.717, 1.165) is 36.3 Å². The van der Waals surface area contributed by atoms with Crippen molar-refractivity contribution in [2.75, 3.05) is 20.3 Å². The number of halogens is 1. The van der Waals surface area contributed by atoms with Gasteiger partial charge in [0, 0.05) is 30.2 Å². The second-order valence-electron chi connectivity index (χ2n) is 4.26. The van der Waals surface area contributed by atoms with E-state index in [4.69, 9.17) is 9.47 Å². The first-order chi connectivity index (χ1) is 8.67. The summed E-state index contributed by atoms with van der Waals surface area (Å²) in [6, 6.07) is 6.12. The molecule has 0 aliphatic rings. The Morgan fingerprint density at radius 3 is 2.83 bits per heavy atom. The molecule has 102 valence electrons. The van der Waals surface area contributed by atoms with Crippen molar-refractivity contribution >= 4 is 15.9 Å². The van der Waals surface area contributed by atoms with Crippen molar-refractivity contribution in [3.05, 3.63) is 28.2 Å². The Labute approximate surface area is 118 Å². The van der Waals surface area contributed by atoms with Gasteiger partial charge < -0.3 is 14.8 Å².